The quantitative estimate of drug-likeness (QED) is 0.577. The van der Waals surface area contributed by atoms with Gasteiger partial charge in [-0.25, -0.2) is 0 Å². The van der Waals surface area contributed by atoms with Crippen LogP contribution in [0.4, 0.5) is 0 Å². The van der Waals surface area contributed by atoms with Crippen LogP contribution in [0.2, 0.25) is 0 Å². The summed E-state index contributed by atoms with van der Waals surface area (Å²) in [6.45, 7) is 4.50. The number of ether oxygens (including phenoxy) is 2. The van der Waals surface area contributed by atoms with Crippen molar-refractivity contribution in [2.24, 2.45) is 11.8 Å². The number of rotatable bonds is 10. The maximum Gasteiger partial charge on any atom is 0.0812 e. The number of epoxide rings is 2. The van der Waals surface area contributed by atoms with E-state index < -0.39 is 0 Å². The zero-order chi connectivity index (χ0) is 12.7. The van der Waals surface area contributed by atoms with Crippen LogP contribution in [0, 0.1) is 11.8 Å². The Hall–Kier alpha value is -0.160. The summed E-state index contributed by atoms with van der Waals surface area (Å²) >= 11 is 0. The lowest BCUT2D eigenvalue weighted by atomic mass is 9.83. The molecule has 4 aliphatic heterocycles. The topological polar surface area (TPSA) is 68.9 Å². The summed E-state index contributed by atoms with van der Waals surface area (Å²) in [5, 5.41) is 6.94. The minimum atomic E-state index is 0.572. The molecule has 0 saturated carbocycles. The van der Waals surface area contributed by atoms with Gasteiger partial charge in [-0.05, 0) is 43.9 Å². The second-order valence-corrected chi connectivity index (χ2v) is 7.03. The van der Waals surface area contributed by atoms with Gasteiger partial charge in [-0.3, -0.25) is 0 Å². The molecule has 2 N–H and O–H groups in total. The summed E-state index contributed by atoms with van der Waals surface area (Å²) in [6, 6.07) is 1.64. The van der Waals surface area contributed by atoms with Gasteiger partial charge in [-0.15, -0.1) is 0 Å². The zero-order valence-electron chi connectivity index (χ0n) is 11.6. The van der Waals surface area contributed by atoms with Crippen molar-refractivity contribution in [2.75, 3.05) is 26.3 Å². The van der Waals surface area contributed by atoms with Crippen molar-refractivity contribution >= 4 is 0 Å². The van der Waals surface area contributed by atoms with Crippen LogP contribution in [0.15, 0.2) is 0 Å². The molecule has 4 aliphatic rings. The Labute approximate surface area is 115 Å². The van der Waals surface area contributed by atoms with E-state index in [1.54, 1.807) is 0 Å². The van der Waals surface area contributed by atoms with Crippen LogP contribution in [0.3, 0.4) is 0 Å². The molecule has 0 aliphatic carbocycles. The molecule has 0 radical (unpaired) electrons. The fraction of sp³-hybridized carbons (Fsp3) is 1.00. The highest BCUT2D eigenvalue weighted by Gasteiger charge is 2.36. The van der Waals surface area contributed by atoms with E-state index >= 15 is 0 Å². The highest BCUT2D eigenvalue weighted by molar-refractivity contribution is 4.92. The van der Waals surface area contributed by atoms with E-state index in [0.717, 1.165) is 37.1 Å². The molecule has 0 aromatic carbocycles. The molecule has 4 nitrogen and oxygen atoms in total. The lowest BCUT2D eigenvalue weighted by molar-refractivity contribution is 0.255. The van der Waals surface area contributed by atoms with Crippen LogP contribution in [-0.4, -0.2) is 50.6 Å². The van der Waals surface area contributed by atoms with Crippen molar-refractivity contribution < 1.29 is 9.47 Å². The van der Waals surface area contributed by atoms with Crippen LogP contribution in [0.25, 0.3) is 0 Å². The van der Waals surface area contributed by atoms with Gasteiger partial charge >= 0.3 is 0 Å². The molecule has 4 rings (SSSR count). The second-order valence-electron chi connectivity index (χ2n) is 7.03. The number of hydrogen-bond acceptors (Lipinski definition) is 4. The Bertz CT molecular complexity index is 251. The molecule has 4 heterocycles. The fourth-order valence-corrected chi connectivity index (χ4v) is 3.51. The standard InChI is InChI=1S/C15H26N2O2/c1(10(2-12-6-16-12)3-13-7-17-13)11(4-14-8-18-14)5-15-9-19-15/h10-17H,1-9H2. The molecule has 0 spiro atoms. The van der Waals surface area contributed by atoms with Crippen LogP contribution >= 0.6 is 0 Å². The number of nitrogens with one attached hydrogen (secondary N) is 2. The molecule has 4 fully saturated rings. The molecule has 0 bridgehead atoms. The molecule has 4 unspecified atom stereocenters. The maximum absolute atomic E-state index is 5.44. The second kappa shape index (κ2) is 5.32. The molecule has 0 aromatic rings. The average molecular weight is 266 g/mol. The third-order valence-corrected chi connectivity index (χ3v) is 4.89. The summed E-state index contributed by atoms with van der Waals surface area (Å²) in [5.74, 6) is 1.71. The Balaban J connectivity index is 1.29. The fourth-order valence-electron chi connectivity index (χ4n) is 3.51. The van der Waals surface area contributed by atoms with Crippen LogP contribution in [0.5, 0.6) is 0 Å². The predicted octanol–water partition coefficient (Wildman–Crippen LogP) is 0.911. The third-order valence-electron chi connectivity index (χ3n) is 4.89. The molecule has 4 saturated heterocycles. The molecule has 19 heavy (non-hydrogen) atoms. The molecule has 4 atom stereocenters. The zero-order valence-corrected chi connectivity index (χ0v) is 11.6. The lowest BCUT2D eigenvalue weighted by Gasteiger charge is -2.22. The first kappa shape index (κ1) is 12.6. The SMILES string of the molecule is C(C(CC1CN1)CC1CN1)C(CC1CO1)CC1CO1. The third kappa shape index (κ3) is 4.42. The van der Waals surface area contributed by atoms with E-state index in [0.29, 0.717) is 12.2 Å². The molecule has 0 aromatic heterocycles. The molecule has 4 heteroatoms. The van der Waals surface area contributed by atoms with Gasteiger partial charge in [-0.1, -0.05) is 0 Å². The van der Waals surface area contributed by atoms with E-state index in [-0.39, 0.29) is 0 Å². The largest absolute Gasteiger partial charge is 0.373 e. The van der Waals surface area contributed by atoms with Crippen molar-refractivity contribution in [3.05, 3.63) is 0 Å². The summed E-state index contributed by atoms with van der Waals surface area (Å²) in [7, 11) is 0. The van der Waals surface area contributed by atoms with E-state index in [1.807, 2.05) is 0 Å². The van der Waals surface area contributed by atoms with Gasteiger partial charge < -0.3 is 20.1 Å². The highest BCUT2D eigenvalue weighted by Crippen LogP contribution is 2.35. The summed E-state index contributed by atoms with van der Waals surface area (Å²) < 4.78 is 10.9. The normalized spacial score (nSPS) is 41.7. The molecule has 108 valence electrons. The predicted molar refractivity (Wildman–Crippen MR) is 73.1 cm³/mol. The Morgan fingerprint density at radius 1 is 0.789 bits per heavy atom. The highest BCUT2D eigenvalue weighted by atomic mass is 16.6. The minimum Gasteiger partial charge on any atom is -0.373 e. The number of hydrogen-bond donors (Lipinski definition) is 2. The Morgan fingerprint density at radius 3 is 1.58 bits per heavy atom. The van der Waals surface area contributed by atoms with E-state index in [1.165, 1.54) is 45.2 Å². The van der Waals surface area contributed by atoms with E-state index in [2.05, 4.69) is 10.6 Å². The van der Waals surface area contributed by atoms with Crippen LogP contribution in [0.1, 0.15) is 32.1 Å². The van der Waals surface area contributed by atoms with Gasteiger partial charge in [0.05, 0.1) is 25.4 Å². The van der Waals surface area contributed by atoms with Gasteiger partial charge in [-0.2, -0.15) is 0 Å². The van der Waals surface area contributed by atoms with Gasteiger partial charge in [0.25, 0.3) is 0 Å². The lowest BCUT2D eigenvalue weighted by Crippen LogP contribution is -2.17. The van der Waals surface area contributed by atoms with Crippen LogP contribution < -0.4 is 10.6 Å². The summed E-state index contributed by atoms with van der Waals surface area (Å²) in [5.41, 5.74) is 0. The average Bonchev–Trinajstić information content (AvgIpc) is 3.17. The summed E-state index contributed by atoms with van der Waals surface area (Å²) in [6.07, 6.45) is 7.83. The van der Waals surface area contributed by atoms with Gasteiger partial charge in [0.15, 0.2) is 0 Å². The van der Waals surface area contributed by atoms with Crippen molar-refractivity contribution in [2.45, 2.75) is 56.4 Å². The molecular weight excluding hydrogens is 240 g/mol. The van der Waals surface area contributed by atoms with E-state index in [9.17, 15) is 0 Å². The van der Waals surface area contributed by atoms with Crippen LogP contribution in [-0.2, 0) is 9.47 Å². The first-order valence-corrected chi connectivity index (χ1v) is 8.05. The van der Waals surface area contributed by atoms with Gasteiger partial charge in [0.1, 0.15) is 0 Å². The molecular formula is C15H26N2O2. The Kier molecular flexibility index (Phi) is 3.52. The van der Waals surface area contributed by atoms with Gasteiger partial charge in [0, 0.05) is 25.2 Å². The smallest absolute Gasteiger partial charge is 0.0812 e. The minimum absolute atomic E-state index is 0.572. The van der Waals surface area contributed by atoms with E-state index in [4.69, 9.17) is 9.47 Å². The summed E-state index contributed by atoms with van der Waals surface area (Å²) in [4.78, 5) is 0. The van der Waals surface area contributed by atoms with Crippen molar-refractivity contribution in [3.63, 3.8) is 0 Å². The first-order valence-electron chi connectivity index (χ1n) is 8.05. The van der Waals surface area contributed by atoms with Crippen molar-refractivity contribution in [3.8, 4) is 0 Å². The maximum atomic E-state index is 5.44. The van der Waals surface area contributed by atoms with Crippen molar-refractivity contribution in [1.29, 1.82) is 0 Å². The first-order chi connectivity index (χ1) is 9.35. The Morgan fingerprint density at radius 2 is 1.21 bits per heavy atom. The van der Waals surface area contributed by atoms with Gasteiger partial charge in [0.2, 0.25) is 0 Å². The monoisotopic (exact) mass is 266 g/mol. The van der Waals surface area contributed by atoms with Crippen molar-refractivity contribution in [1.82, 2.24) is 10.6 Å². The molecule has 0 amide bonds.